The molecular formula is C20H28N2O6S. The average Bonchev–Trinajstić information content (AvgIpc) is 2.95. The highest BCUT2D eigenvalue weighted by Gasteiger charge is 2.28. The van der Waals surface area contributed by atoms with Crippen LogP contribution in [0.1, 0.15) is 44.9 Å². The van der Waals surface area contributed by atoms with E-state index in [4.69, 9.17) is 9.47 Å². The van der Waals surface area contributed by atoms with E-state index < -0.39 is 22.5 Å². The van der Waals surface area contributed by atoms with Crippen molar-refractivity contribution in [3.05, 3.63) is 18.2 Å². The first kappa shape index (κ1) is 21.6. The molecule has 9 heteroatoms. The molecule has 0 atom stereocenters. The van der Waals surface area contributed by atoms with E-state index in [1.165, 1.54) is 29.6 Å². The van der Waals surface area contributed by atoms with Crippen molar-refractivity contribution in [2.24, 2.45) is 5.92 Å². The molecule has 29 heavy (non-hydrogen) atoms. The molecule has 1 aromatic carbocycles. The molecule has 2 fully saturated rings. The minimum Gasteiger partial charge on any atom is -0.495 e. The van der Waals surface area contributed by atoms with Crippen LogP contribution in [0.4, 0.5) is 5.69 Å². The molecular weight excluding hydrogens is 396 g/mol. The van der Waals surface area contributed by atoms with Crippen LogP contribution in [-0.2, 0) is 24.3 Å². The van der Waals surface area contributed by atoms with Gasteiger partial charge in [-0.05, 0) is 43.9 Å². The van der Waals surface area contributed by atoms with Crippen LogP contribution in [0.2, 0.25) is 0 Å². The van der Waals surface area contributed by atoms with Crippen molar-refractivity contribution < 1.29 is 27.5 Å². The molecule has 1 aliphatic carbocycles. The van der Waals surface area contributed by atoms with E-state index in [0.29, 0.717) is 18.8 Å². The van der Waals surface area contributed by atoms with Gasteiger partial charge in [-0.25, -0.2) is 8.42 Å². The Balaban J connectivity index is 1.70. The molecule has 1 amide bonds. The minimum absolute atomic E-state index is 0.0990. The van der Waals surface area contributed by atoms with E-state index >= 15 is 0 Å². The van der Waals surface area contributed by atoms with Crippen molar-refractivity contribution in [1.82, 2.24) is 4.31 Å². The van der Waals surface area contributed by atoms with Crippen molar-refractivity contribution >= 4 is 27.6 Å². The van der Waals surface area contributed by atoms with Gasteiger partial charge in [0.05, 0.1) is 23.6 Å². The minimum atomic E-state index is -3.66. The van der Waals surface area contributed by atoms with Crippen molar-refractivity contribution in [2.75, 3.05) is 32.1 Å². The zero-order chi connectivity index (χ0) is 20.9. The number of sulfonamides is 1. The molecule has 1 saturated carbocycles. The highest BCUT2D eigenvalue weighted by Crippen LogP contribution is 2.30. The summed E-state index contributed by atoms with van der Waals surface area (Å²) in [6.45, 7) is 0.571. The average molecular weight is 425 g/mol. The third kappa shape index (κ3) is 5.27. The summed E-state index contributed by atoms with van der Waals surface area (Å²) in [4.78, 5) is 24.1. The Bertz CT molecular complexity index is 843. The van der Waals surface area contributed by atoms with Gasteiger partial charge in [0, 0.05) is 13.1 Å². The Kier molecular flexibility index (Phi) is 7.13. The molecule has 0 radical (unpaired) electrons. The first-order valence-corrected chi connectivity index (χ1v) is 11.5. The third-order valence-electron chi connectivity index (χ3n) is 5.43. The number of methoxy groups -OCH3 is 1. The number of nitrogens with one attached hydrogen (secondary N) is 1. The van der Waals surface area contributed by atoms with Gasteiger partial charge >= 0.3 is 5.97 Å². The Morgan fingerprint density at radius 1 is 1.10 bits per heavy atom. The number of carbonyl (C=O) groups is 2. The molecule has 1 aromatic rings. The molecule has 1 heterocycles. The number of hydrogen-bond acceptors (Lipinski definition) is 6. The molecule has 0 unspecified atom stereocenters. The van der Waals surface area contributed by atoms with E-state index in [0.717, 1.165) is 44.9 Å². The molecule has 8 nitrogen and oxygen atoms in total. The van der Waals surface area contributed by atoms with Crippen LogP contribution in [0.5, 0.6) is 5.75 Å². The summed E-state index contributed by atoms with van der Waals surface area (Å²) in [5.74, 6) is -0.686. The molecule has 160 valence electrons. The van der Waals surface area contributed by atoms with Crippen LogP contribution in [0, 0.1) is 5.92 Å². The second kappa shape index (κ2) is 9.58. The molecule has 0 spiro atoms. The highest BCUT2D eigenvalue weighted by molar-refractivity contribution is 7.89. The third-order valence-corrected chi connectivity index (χ3v) is 7.33. The maximum atomic E-state index is 13.0. The number of amides is 1. The summed E-state index contributed by atoms with van der Waals surface area (Å²) in [7, 11) is -2.23. The number of anilines is 1. The lowest BCUT2D eigenvalue weighted by Gasteiger charge is -2.23. The smallest absolute Gasteiger partial charge is 0.309 e. The Hall–Kier alpha value is -2.13. The summed E-state index contributed by atoms with van der Waals surface area (Å²) in [5, 5.41) is 2.60. The van der Waals surface area contributed by atoms with Crippen molar-refractivity contribution in [3.8, 4) is 5.75 Å². The van der Waals surface area contributed by atoms with Crippen LogP contribution in [0.15, 0.2) is 23.1 Å². The number of rotatable bonds is 7. The van der Waals surface area contributed by atoms with Crippen molar-refractivity contribution in [3.63, 3.8) is 0 Å². The van der Waals surface area contributed by atoms with Crippen molar-refractivity contribution in [1.29, 1.82) is 0 Å². The maximum Gasteiger partial charge on any atom is 0.309 e. The van der Waals surface area contributed by atoms with E-state index in [1.807, 2.05) is 0 Å². The lowest BCUT2D eigenvalue weighted by Crippen LogP contribution is -2.32. The van der Waals surface area contributed by atoms with Crippen LogP contribution < -0.4 is 10.1 Å². The second-order valence-corrected chi connectivity index (χ2v) is 9.40. The normalized spacial score (nSPS) is 18.4. The van der Waals surface area contributed by atoms with Gasteiger partial charge in [0.25, 0.3) is 5.91 Å². The predicted molar refractivity (Wildman–Crippen MR) is 107 cm³/mol. The SMILES string of the molecule is COc1ccc(S(=O)(=O)N2CCCCCC2)cc1NC(=O)COC(=O)C1CCC1. The summed E-state index contributed by atoms with van der Waals surface area (Å²) in [6, 6.07) is 4.39. The van der Waals surface area contributed by atoms with E-state index in [2.05, 4.69) is 5.32 Å². The first-order chi connectivity index (χ1) is 13.9. The number of esters is 1. The topological polar surface area (TPSA) is 102 Å². The Labute approximate surface area is 171 Å². The Morgan fingerprint density at radius 2 is 1.79 bits per heavy atom. The van der Waals surface area contributed by atoms with Crippen LogP contribution in [0.25, 0.3) is 0 Å². The lowest BCUT2D eigenvalue weighted by atomic mass is 9.86. The van der Waals surface area contributed by atoms with Crippen LogP contribution >= 0.6 is 0 Å². The predicted octanol–water partition coefficient (Wildman–Crippen LogP) is 2.54. The summed E-state index contributed by atoms with van der Waals surface area (Å²) >= 11 is 0. The molecule has 0 aromatic heterocycles. The first-order valence-electron chi connectivity index (χ1n) is 10.1. The fourth-order valence-corrected chi connectivity index (χ4v) is 5.00. The lowest BCUT2D eigenvalue weighted by molar-refractivity contribution is -0.154. The van der Waals surface area contributed by atoms with Gasteiger partial charge in [0.15, 0.2) is 6.61 Å². The number of hydrogen-bond donors (Lipinski definition) is 1. The van der Waals surface area contributed by atoms with E-state index in [1.54, 1.807) is 0 Å². The summed E-state index contributed by atoms with van der Waals surface area (Å²) in [5.41, 5.74) is 0.230. The molecule has 1 N–H and O–H groups in total. The van der Waals surface area contributed by atoms with Gasteiger partial charge in [-0.15, -0.1) is 0 Å². The monoisotopic (exact) mass is 424 g/mol. The summed E-state index contributed by atoms with van der Waals surface area (Å²) in [6.07, 6.45) is 6.32. The van der Waals surface area contributed by atoms with Crippen LogP contribution in [0.3, 0.4) is 0 Å². The van der Waals surface area contributed by atoms with Crippen molar-refractivity contribution in [2.45, 2.75) is 49.8 Å². The molecule has 1 aliphatic heterocycles. The molecule has 3 rings (SSSR count). The number of carbonyl (C=O) groups excluding carboxylic acids is 2. The zero-order valence-corrected chi connectivity index (χ0v) is 17.5. The quantitative estimate of drug-likeness (QED) is 0.675. The summed E-state index contributed by atoms with van der Waals surface area (Å²) < 4.78 is 37.8. The van der Waals surface area contributed by atoms with Gasteiger partial charge in [-0.2, -0.15) is 4.31 Å². The number of ether oxygens (including phenoxy) is 2. The van der Waals surface area contributed by atoms with E-state index in [-0.39, 0.29) is 22.5 Å². The maximum absolute atomic E-state index is 13.0. The van der Waals surface area contributed by atoms with Gasteiger partial charge in [-0.3, -0.25) is 9.59 Å². The standard InChI is InChI=1S/C20H28N2O6S/c1-27-18-10-9-16(29(25,26)22-11-4-2-3-5-12-22)13-17(18)21-19(23)14-28-20(24)15-7-6-8-15/h9-10,13,15H,2-8,11-12,14H2,1H3,(H,21,23). The molecule has 2 aliphatic rings. The van der Waals surface area contributed by atoms with Gasteiger partial charge < -0.3 is 14.8 Å². The van der Waals surface area contributed by atoms with Crippen LogP contribution in [-0.4, -0.2) is 51.4 Å². The van der Waals surface area contributed by atoms with Gasteiger partial charge in [-0.1, -0.05) is 19.3 Å². The van der Waals surface area contributed by atoms with E-state index in [9.17, 15) is 18.0 Å². The fraction of sp³-hybridized carbons (Fsp3) is 0.600. The number of nitrogens with zero attached hydrogens (tertiary/aromatic N) is 1. The molecule has 0 bridgehead atoms. The number of benzene rings is 1. The Morgan fingerprint density at radius 3 is 2.38 bits per heavy atom. The fourth-order valence-electron chi connectivity index (χ4n) is 3.46. The van der Waals surface area contributed by atoms with Gasteiger partial charge in [0.1, 0.15) is 5.75 Å². The largest absolute Gasteiger partial charge is 0.495 e. The molecule has 1 saturated heterocycles. The second-order valence-electron chi connectivity index (χ2n) is 7.46. The highest BCUT2D eigenvalue weighted by atomic mass is 32.2. The zero-order valence-electron chi connectivity index (χ0n) is 16.7. The van der Waals surface area contributed by atoms with Gasteiger partial charge in [0.2, 0.25) is 10.0 Å².